The Morgan fingerprint density at radius 2 is 1.67 bits per heavy atom. The van der Waals surface area contributed by atoms with Gasteiger partial charge in [-0.05, 0) is 68.2 Å². The summed E-state index contributed by atoms with van der Waals surface area (Å²) < 4.78 is 0. The summed E-state index contributed by atoms with van der Waals surface area (Å²) in [6.45, 7) is 5.98. The number of hydrogen-bond acceptors (Lipinski definition) is 0. The second kappa shape index (κ2) is 12.8. The average molecular weight is 357 g/mol. The van der Waals surface area contributed by atoms with Gasteiger partial charge in [0, 0.05) is 11.5 Å². The van der Waals surface area contributed by atoms with E-state index in [1.807, 2.05) is 6.08 Å². The standard InChI is InChI=1S/C27H32/c1-3-4-5-6-7-9-16-26-20-22-27(23-21-26)19-18-24(2)13-12-17-25-14-10-8-11-15-25/h3,8-11,14-16,20-24H,1,4-7,12-13,17H2,2H3/b16-9+. The van der Waals surface area contributed by atoms with E-state index in [4.69, 9.17) is 0 Å². The van der Waals surface area contributed by atoms with E-state index in [9.17, 15) is 0 Å². The van der Waals surface area contributed by atoms with E-state index in [1.54, 1.807) is 0 Å². The largest absolute Gasteiger partial charge is 0.103 e. The second-order valence-electron chi connectivity index (χ2n) is 7.15. The van der Waals surface area contributed by atoms with Crippen LogP contribution in [0.3, 0.4) is 0 Å². The maximum Gasteiger partial charge on any atom is 0.0245 e. The zero-order valence-electron chi connectivity index (χ0n) is 16.7. The van der Waals surface area contributed by atoms with Gasteiger partial charge < -0.3 is 0 Å². The van der Waals surface area contributed by atoms with Crippen molar-refractivity contribution >= 4 is 6.08 Å². The molecule has 140 valence electrons. The highest BCUT2D eigenvalue weighted by Crippen LogP contribution is 2.11. The second-order valence-corrected chi connectivity index (χ2v) is 7.15. The first-order chi connectivity index (χ1) is 13.3. The highest BCUT2D eigenvalue weighted by Gasteiger charge is 1.98. The predicted octanol–water partition coefficient (Wildman–Crippen LogP) is 7.46. The van der Waals surface area contributed by atoms with E-state index in [0.29, 0.717) is 5.92 Å². The molecule has 1 atom stereocenters. The molecule has 27 heavy (non-hydrogen) atoms. The van der Waals surface area contributed by atoms with Crippen molar-refractivity contribution in [2.75, 3.05) is 0 Å². The monoisotopic (exact) mass is 356 g/mol. The van der Waals surface area contributed by atoms with Gasteiger partial charge in [-0.1, -0.05) is 79.5 Å². The van der Waals surface area contributed by atoms with Crippen molar-refractivity contribution in [1.82, 2.24) is 0 Å². The van der Waals surface area contributed by atoms with Gasteiger partial charge >= 0.3 is 0 Å². The van der Waals surface area contributed by atoms with Gasteiger partial charge in [0.15, 0.2) is 0 Å². The Labute approximate surface area is 166 Å². The summed E-state index contributed by atoms with van der Waals surface area (Å²) in [5, 5.41) is 0. The van der Waals surface area contributed by atoms with Crippen LogP contribution >= 0.6 is 0 Å². The fourth-order valence-electron chi connectivity index (χ4n) is 2.98. The Bertz CT molecular complexity index is 738. The van der Waals surface area contributed by atoms with E-state index in [0.717, 1.165) is 31.2 Å². The first-order valence-electron chi connectivity index (χ1n) is 10.2. The fraction of sp³-hybridized carbons (Fsp3) is 0.333. The fourth-order valence-corrected chi connectivity index (χ4v) is 2.98. The van der Waals surface area contributed by atoms with Crippen molar-refractivity contribution in [3.8, 4) is 11.8 Å². The normalized spacial score (nSPS) is 11.7. The molecule has 0 bridgehead atoms. The SMILES string of the molecule is C=CCCCC/C=C/c1ccc(C#CC(C)CCCc2ccccc2)cc1. The van der Waals surface area contributed by atoms with E-state index in [2.05, 4.69) is 92.1 Å². The van der Waals surface area contributed by atoms with Gasteiger partial charge in [0.05, 0.1) is 0 Å². The molecule has 2 aromatic carbocycles. The molecule has 0 aliphatic heterocycles. The zero-order valence-corrected chi connectivity index (χ0v) is 16.7. The molecule has 0 aliphatic carbocycles. The van der Waals surface area contributed by atoms with Gasteiger partial charge in [-0.15, -0.1) is 6.58 Å². The minimum absolute atomic E-state index is 0.434. The summed E-state index contributed by atoms with van der Waals surface area (Å²) in [5.74, 6) is 7.16. The molecule has 0 radical (unpaired) electrons. The summed E-state index contributed by atoms with van der Waals surface area (Å²) >= 11 is 0. The topological polar surface area (TPSA) is 0 Å². The van der Waals surface area contributed by atoms with Gasteiger partial charge in [-0.25, -0.2) is 0 Å². The predicted molar refractivity (Wildman–Crippen MR) is 120 cm³/mol. The molecule has 0 N–H and O–H groups in total. The molecular formula is C27H32. The third-order valence-electron chi connectivity index (χ3n) is 4.66. The number of aryl methyl sites for hydroxylation is 1. The van der Waals surface area contributed by atoms with Crippen LogP contribution in [0.1, 0.15) is 62.1 Å². The third-order valence-corrected chi connectivity index (χ3v) is 4.66. The molecule has 0 fully saturated rings. The van der Waals surface area contributed by atoms with Crippen molar-refractivity contribution in [2.45, 2.75) is 51.9 Å². The first kappa shape index (κ1) is 20.8. The lowest BCUT2D eigenvalue weighted by Crippen LogP contribution is -1.93. The minimum Gasteiger partial charge on any atom is -0.103 e. The van der Waals surface area contributed by atoms with Crippen LogP contribution in [0.4, 0.5) is 0 Å². The van der Waals surface area contributed by atoms with Gasteiger partial charge in [-0.3, -0.25) is 0 Å². The molecule has 0 heterocycles. The van der Waals surface area contributed by atoms with E-state index < -0.39 is 0 Å². The van der Waals surface area contributed by atoms with Crippen LogP contribution in [0.2, 0.25) is 0 Å². The van der Waals surface area contributed by atoms with Crippen molar-refractivity contribution in [3.05, 3.63) is 90.0 Å². The van der Waals surface area contributed by atoms with Crippen LogP contribution in [-0.2, 0) is 6.42 Å². The summed E-state index contributed by atoms with van der Waals surface area (Å²) in [4.78, 5) is 0. The summed E-state index contributed by atoms with van der Waals surface area (Å²) in [7, 11) is 0. The lowest BCUT2D eigenvalue weighted by atomic mass is 10.0. The van der Waals surface area contributed by atoms with Crippen molar-refractivity contribution in [2.24, 2.45) is 5.92 Å². The molecule has 2 aromatic rings. The number of rotatable bonds is 10. The Morgan fingerprint density at radius 3 is 2.41 bits per heavy atom. The molecule has 0 amide bonds. The lowest BCUT2D eigenvalue weighted by Gasteiger charge is -2.04. The molecule has 0 heteroatoms. The van der Waals surface area contributed by atoms with Crippen LogP contribution in [0, 0.1) is 17.8 Å². The maximum atomic E-state index is 3.76. The molecule has 0 spiro atoms. The van der Waals surface area contributed by atoms with Crippen LogP contribution in [-0.4, -0.2) is 0 Å². The molecule has 0 aromatic heterocycles. The lowest BCUT2D eigenvalue weighted by molar-refractivity contribution is 0.622. The van der Waals surface area contributed by atoms with Gasteiger partial charge in [-0.2, -0.15) is 0 Å². The van der Waals surface area contributed by atoms with Crippen molar-refractivity contribution < 1.29 is 0 Å². The van der Waals surface area contributed by atoms with Crippen molar-refractivity contribution in [3.63, 3.8) is 0 Å². The molecule has 0 aliphatic rings. The Balaban J connectivity index is 1.72. The summed E-state index contributed by atoms with van der Waals surface area (Å²) in [5.41, 5.74) is 3.77. The Morgan fingerprint density at radius 1 is 0.926 bits per heavy atom. The zero-order chi connectivity index (χ0) is 19.2. The van der Waals surface area contributed by atoms with E-state index >= 15 is 0 Å². The number of benzene rings is 2. The van der Waals surface area contributed by atoms with Gasteiger partial charge in [0.25, 0.3) is 0 Å². The van der Waals surface area contributed by atoms with Crippen molar-refractivity contribution in [1.29, 1.82) is 0 Å². The molecule has 2 rings (SSSR count). The average Bonchev–Trinajstić information content (AvgIpc) is 2.71. The van der Waals surface area contributed by atoms with Gasteiger partial charge in [0.1, 0.15) is 0 Å². The molecule has 0 saturated heterocycles. The van der Waals surface area contributed by atoms with Crippen LogP contribution in [0.25, 0.3) is 6.08 Å². The van der Waals surface area contributed by atoms with Crippen LogP contribution in [0.5, 0.6) is 0 Å². The Kier molecular flexibility index (Phi) is 9.83. The number of allylic oxidation sites excluding steroid dienone is 2. The molecule has 1 unspecified atom stereocenters. The molecule has 0 saturated carbocycles. The Hall–Kier alpha value is -2.52. The van der Waals surface area contributed by atoms with E-state index in [-0.39, 0.29) is 0 Å². The van der Waals surface area contributed by atoms with Gasteiger partial charge in [0.2, 0.25) is 0 Å². The highest BCUT2D eigenvalue weighted by molar-refractivity contribution is 5.51. The van der Waals surface area contributed by atoms with E-state index in [1.165, 1.54) is 30.4 Å². The number of hydrogen-bond donors (Lipinski definition) is 0. The van der Waals surface area contributed by atoms with Crippen LogP contribution in [0.15, 0.2) is 73.3 Å². The quantitative estimate of drug-likeness (QED) is 0.235. The smallest absolute Gasteiger partial charge is 0.0245 e. The summed E-state index contributed by atoms with van der Waals surface area (Å²) in [6.07, 6.45) is 14.7. The highest BCUT2D eigenvalue weighted by atomic mass is 14.0. The summed E-state index contributed by atoms with van der Waals surface area (Å²) in [6, 6.07) is 19.3. The van der Waals surface area contributed by atoms with Crippen LogP contribution < -0.4 is 0 Å². The molecule has 0 nitrogen and oxygen atoms in total. The maximum absolute atomic E-state index is 3.76. The minimum atomic E-state index is 0.434. The number of unbranched alkanes of at least 4 members (excludes halogenated alkanes) is 3. The first-order valence-corrected chi connectivity index (χ1v) is 10.2. The third kappa shape index (κ3) is 9.11. The molecular weight excluding hydrogens is 324 g/mol.